The van der Waals surface area contributed by atoms with Gasteiger partial charge < -0.3 is 4.74 Å². The molecule has 0 spiro atoms. The molecule has 0 bridgehead atoms. The molecule has 0 aliphatic carbocycles. The SMILES string of the molecule is Cc1cc(COc2ccc(N(C(=O)C(F)(F)F)[C@@]3(CC(=O)NO)CCSC3)cc2)c2ccccc2n1. The molecule has 190 valence electrons. The van der Waals surface area contributed by atoms with Crippen LogP contribution >= 0.6 is 11.8 Å². The molecular weight excluding hydrogens is 495 g/mol. The van der Waals surface area contributed by atoms with Crippen LogP contribution in [0.15, 0.2) is 54.6 Å². The highest BCUT2D eigenvalue weighted by atomic mass is 32.2. The number of thioether (sulfide) groups is 1. The molecule has 0 saturated carbocycles. The van der Waals surface area contributed by atoms with Crippen LogP contribution in [0.25, 0.3) is 10.9 Å². The summed E-state index contributed by atoms with van der Waals surface area (Å²) in [6, 6.07) is 15.3. The Labute approximate surface area is 209 Å². The van der Waals surface area contributed by atoms with Crippen molar-refractivity contribution in [2.75, 3.05) is 16.4 Å². The number of aryl methyl sites for hydroxylation is 1. The average Bonchev–Trinajstić information content (AvgIpc) is 3.31. The standard InChI is InChI=1S/C25H24F3N3O4S/c1-16-12-17(20-4-2-3-5-21(20)29-16)14-35-19-8-6-18(7-9-19)31(23(33)25(26,27)28)24(10-11-36-15-24)13-22(32)30-34/h2-9,12,34H,10-11,13-15H2,1H3,(H,30,32)/t24-/m1/s1. The van der Waals surface area contributed by atoms with Crippen molar-refractivity contribution in [1.82, 2.24) is 10.5 Å². The number of fused-ring (bicyclic) bond motifs is 1. The maximum Gasteiger partial charge on any atom is 0.471 e. The molecule has 36 heavy (non-hydrogen) atoms. The van der Waals surface area contributed by atoms with Gasteiger partial charge in [0, 0.05) is 28.1 Å². The summed E-state index contributed by atoms with van der Waals surface area (Å²) in [4.78, 5) is 29.6. The maximum absolute atomic E-state index is 13.6. The molecule has 7 nitrogen and oxygen atoms in total. The lowest BCUT2D eigenvalue weighted by Crippen LogP contribution is -2.58. The van der Waals surface area contributed by atoms with Crippen LogP contribution in [-0.2, 0) is 16.2 Å². The van der Waals surface area contributed by atoms with Crippen molar-refractivity contribution in [3.8, 4) is 5.75 Å². The van der Waals surface area contributed by atoms with Gasteiger partial charge in [0.05, 0.1) is 17.5 Å². The highest BCUT2D eigenvalue weighted by molar-refractivity contribution is 7.99. The van der Waals surface area contributed by atoms with Crippen molar-refractivity contribution in [1.29, 1.82) is 0 Å². The van der Waals surface area contributed by atoms with Gasteiger partial charge in [0.15, 0.2) is 0 Å². The van der Waals surface area contributed by atoms with E-state index < -0.39 is 30.0 Å². The zero-order valence-electron chi connectivity index (χ0n) is 19.3. The fourth-order valence-corrected chi connectivity index (χ4v) is 5.85. The summed E-state index contributed by atoms with van der Waals surface area (Å²) < 4.78 is 46.7. The van der Waals surface area contributed by atoms with Crippen LogP contribution in [0.1, 0.15) is 24.1 Å². The van der Waals surface area contributed by atoms with E-state index in [-0.39, 0.29) is 24.5 Å². The smallest absolute Gasteiger partial charge is 0.471 e. The van der Waals surface area contributed by atoms with Crippen LogP contribution in [0.4, 0.5) is 18.9 Å². The fourth-order valence-electron chi connectivity index (χ4n) is 4.43. The third-order valence-corrected chi connectivity index (χ3v) is 7.27. The molecule has 0 radical (unpaired) electrons. The molecule has 1 saturated heterocycles. The summed E-state index contributed by atoms with van der Waals surface area (Å²) in [6.45, 7) is 2.09. The molecule has 1 fully saturated rings. The minimum Gasteiger partial charge on any atom is -0.489 e. The number of carbonyl (C=O) groups excluding carboxylic acids is 2. The number of halogens is 3. The van der Waals surface area contributed by atoms with Crippen LogP contribution in [0.5, 0.6) is 5.75 Å². The van der Waals surface area contributed by atoms with Gasteiger partial charge in [-0.3, -0.25) is 24.7 Å². The number of pyridine rings is 1. The van der Waals surface area contributed by atoms with Crippen LogP contribution < -0.4 is 15.1 Å². The Morgan fingerprint density at radius 2 is 1.92 bits per heavy atom. The van der Waals surface area contributed by atoms with Crippen molar-refractivity contribution in [3.05, 3.63) is 65.9 Å². The Bertz CT molecular complexity index is 1260. The lowest BCUT2D eigenvalue weighted by atomic mass is 9.90. The number of aromatic nitrogens is 1. The summed E-state index contributed by atoms with van der Waals surface area (Å²) >= 11 is 1.34. The predicted molar refractivity (Wildman–Crippen MR) is 130 cm³/mol. The van der Waals surface area contributed by atoms with E-state index in [1.165, 1.54) is 41.5 Å². The number of hydrogen-bond acceptors (Lipinski definition) is 6. The number of anilines is 1. The minimum absolute atomic E-state index is 0.0110. The second-order valence-corrected chi connectivity index (χ2v) is 9.70. The Kier molecular flexibility index (Phi) is 7.41. The van der Waals surface area contributed by atoms with Crippen LogP contribution in [0.2, 0.25) is 0 Å². The summed E-state index contributed by atoms with van der Waals surface area (Å²) in [5.41, 5.74) is 2.60. The van der Waals surface area contributed by atoms with Gasteiger partial charge in [-0.05, 0) is 55.5 Å². The highest BCUT2D eigenvalue weighted by Crippen LogP contribution is 2.41. The van der Waals surface area contributed by atoms with E-state index in [0.29, 0.717) is 16.4 Å². The maximum atomic E-state index is 13.6. The lowest BCUT2D eigenvalue weighted by molar-refractivity contribution is -0.171. The number of ether oxygens (including phenoxy) is 1. The molecule has 1 aliphatic rings. The number of amides is 2. The quantitative estimate of drug-likeness (QED) is 0.345. The number of nitrogens with zero attached hydrogens (tertiary/aromatic N) is 2. The van der Waals surface area contributed by atoms with E-state index in [9.17, 15) is 22.8 Å². The van der Waals surface area contributed by atoms with Crippen molar-refractivity contribution >= 4 is 40.2 Å². The van der Waals surface area contributed by atoms with Gasteiger partial charge in [-0.25, -0.2) is 5.48 Å². The van der Waals surface area contributed by atoms with Crippen LogP contribution in [0.3, 0.4) is 0 Å². The number of hydroxylamine groups is 1. The van der Waals surface area contributed by atoms with Gasteiger partial charge in [-0.1, -0.05) is 18.2 Å². The highest BCUT2D eigenvalue weighted by Gasteiger charge is 2.52. The molecule has 2 N–H and O–H groups in total. The first-order chi connectivity index (χ1) is 17.1. The Balaban J connectivity index is 1.61. The van der Waals surface area contributed by atoms with Crippen molar-refractivity contribution < 1.29 is 32.7 Å². The van der Waals surface area contributed by atoms with Crippen molar-refractivity contribution in [2.45, 2.75) is 38.1 Å². The molecular formula is C25H24F3N3O4S. The zero-order valence-corrected chi connectivity index (χ0v) is 20.2. The molecule has 1 atom stereocenters. The van der Waals surface area contributed by atoms with Gasteiger partial charge in [-0.2, -0.15) is 24.9 Å². The average molecular weight is 520 g/mol. The van der Waals surface area contributed by atoms with Crippen LogP contribution in [-0.4, -0.2) is 45.2 Å². The Hall–Kier alpha value is -3.31. The Morgan fingerprint density at radius 3 is 2.56 bits per heavy atom. The molecule has 3 aromatic rings. The number of rotatable bonds is 7. The van der Waals surface area contributed by atoms with E-state index >= 15 is 0 Å². The molecule has 2 amide bonds. The number of hydrogen-bond donors (Lipinski definition) is 2. The van der Waals surface area contributed by atoms with E-state index in [1.54, 1.807) is 0 Å². The summed E-state index contributed by atoms with van der Waals surface area (Å²) in [5.74, 6) is -1.93. The van der Waals surface area contributed by atoms with Gasteiger partial charge in [0.2, 0.25) is 5.91 Å². The molecule has 2 aromatic carbocycles. The van der Waals surface area contributed by atoms with Crippen molar-refractivity contribution in [2.24, 2.45) is 0 Å². The Morgan fingerprint density at radius 1 is 1.19 bits per heavy atom. The van der Waals surface area contributed by atoms with Gasteiger partial charge in [0.1, 0.15) is 12.4 Å². The molecule has 0 unspecified atom stereocenters. The molecule has 1 aliphatic heterocycles. The van der Waals surface area contributed by atoms with E-state index in [2.05, 4.69) is 4.98 Å². The molecule has 4 rings (SSSR count). The third-order valence-electron chi connectivity index (χ3n) is 6.04. The second-order valence-electron chi connectivity index (χ2n) is 8.60. The number of carbonyl (C=O) groups is 2. The zero-order chi connectivity index (χ0) is 25.9. The normalized spacial score (nSPS) is 17.7. The topological polar surface area (TPSA) is 91.8 Å². The van der Waals surface area contributed by atoms with Gasteiger partial charge in [0.25, 0.3) is 0 Å². The van der Waals surface area contributed by atoms with Crippen molar-refractivity contribution in [3.63, 3.8) is 0 Å². The van der Waals surface area contributed by atoms with E-state index in [0.717, 1.165) is 22.2 Å². The molecule has 2 heterocycles. The first-order valence-corrected chi connectivity index (χ1v) is 12.3. The first kappa shape index (κ1) is 25.8. The number of alkyl halides is 3. The molecule has 1 aromatic heterocycles. The summed E-state index contributed by atoms with van der Waals surface area (Å²) in [7, 11) is 0. The van der Waals surface area contributed by atoms with Crippen LogP contribution in [0, 0.1) is 6.92 Å². The van der Waals surface area contributed by atoms with Gasteiger partial charge in [-0.15, -0.1) is 0 Å². The van der Waals surface area contributed by atoms with E-state index in [1.807, 2.05) is 37.3 Å². The predicted octanol–water partition coefficient (Wildman–Crippen LogP) is 4.79. The summed E-state index contributed by atoms with van der Waals surface area (Å²) in [6.07, 6.45) is -5.45. The van der Waals surface area contributed by atoms with Gasteiger partial charge >= 0.3 is 12.1 Å². The number of para-hydroxylation sites is 1. The minimum atomic E-state index is -5.15. The first-order valence-electron chi connectivity index (χ1n) is 11.1. The summed E-state index contributed by atoms with van der Waals surface area (Å²) in [5, 5.41) is 9.92. The lowest BCUT2D eigenvalue weighted by Gasteiger charge is -2.40. The fraction of sp³-hybridized carbons (Fsp3) is 0.320. The number of nitrogens with one attached hydrogen (secondary N) is 1. The second kappa shape index (κ2) is 10.4. The monoisotopic (exact) mass is 519 g/mol. The number of benzene rings is 2. The van der Waals surface area contributed by atoms with E-state index in [4.69, 9.17) is 9.94 Å². The largest absolute Gasteiger partial charge is 0.489 e. The molecule has 11 heteroatoms. The third kappa shape index (κ3) is 5.41.